The van der Waals surface area contributed by atoms with Gasteiger partial charge in [0.15, 0.2) is 0 Å². The number of nitrogens with zero attached hydrogens (tertiary/aromatic N) is 1. The van der Waals surface area contributed by atoms with E-state index in [1.807, 2.05) is 0 Å². The number of alkyl halides is 2. The molecule has 14 heavy (non-hydrogen) atoms. The highest BCUT2D eigenvalue weighted by Gasteiger charge is 2.09. The molecule has 0 N–H and O–H groups in total. The van der Waals surface area contributed by atoms with E-state index in [-0.39, 0.29) is 12.1 Å². The van der Waals surface area contributed by atoms with E-state index in [4.69, 9.17) is 0 Å². The van der Waals surface area contributed by atoms with Crippen molar-refractivity contribution in [2.45, 2.75) is 12.8 Å². The van der Waals surface area contributed by atoms with Crippen LogP contribution in [-0.2, 0) is 16.0 Å². The number of hydrogen-bond acceptors (Lipinski definition) is 3. The molecule has 76 valence electrons. The minimum Gasteiger partial charge on any atom is -0.469 e. The molecule has 0 fully saturated rings. The molecule has 0 saturated heterocycles. The molecule has 0 aliphatic heterocycles. The molecular formula is C9H9F2NO2. The summed E-state index contributed by atoms with van der Waals surface area (Å²) in [5.74, 6) is -0.420. The summed E-state index contributed by atoms with van der Waals surface area (Å²) in [4.78, 5) is 14.3. The van der Waals surface area contributed by atoms with Crippen molar-refractivity contribution in [2.24, 2.45) is 0 Å². The van der Waals surface area contributed by atoms with Gasteiger partial charge in [0.1, 0.15) is 5.69 Å². The van der Waals surface area contributed by atoms with Crippen molar-refractivity contribution in [1.29, 1.82) is 0 Å². The summed E-state index contributed by atoms with van der Waals surface area (Å²) in [7, 11) is 1.27. The van der Waals surface area contributed by atoms with Crippen LogP contribution < -0.4 is 0 Å². The third-order valence-electron chi connectivity index (χ3n) is 1.65. The molecule has 1 aromatic rings. The zero-order chi connectivity index (χ0) is 10.6. The van der Waals surface area contributed by atoms with Crippen molar-refractivity contribution in [2.75, 3.05) is 7.11 Å². The molecule has 0 saturated carbocycles. The van der Waals surface area contributed by atoms with Crippen molar-refractivity contribution in [3.8, 4) is 0 Å². The zero-order valence-electron chi connectivity index (χ0n) is 7.54. The number of methoxy groups -OCH3 is 1. The molecule has 0 atom stereocenters. The first-order valence-corrected chi connectivity index (χ1v) is 3.93. The molecule has 1 rings (SSSR count). The number of esters is 1. The molecule has 0 radical (unpaired) electrons. The molecule has 3 nitrogen and oxygen atoms in total. The maximum Gasteiger partial charge on any atom is 0.310 e. The number of hydrogen-bond donors (Lipinski definition) is 0. The number of aromatic nitrogens is 1. The molecule has 0 bridgehead atoms. The van der Waals surface area contributed by atoms with Crippen LogP contribution in [0.3, 0.4) is 0 Å². The van der Waals surface area contributed by atoms with E-state index in [1.165, 1.54) is 25.4 Å². The molecular weight excluding hydrogens is 192 g/mol. The first kappa shape index (κ1) is 10.6. The van der Waals surface area contributed by atoms with Crippen LogP contribution in [0.4, 0.5) is 8.78 Å². The first-order valence-electron chi connectivity index (χ1n) is 3.93. The summed E-state index contributed by atoms with van der Waals surface area (Å²) in [6.45, 7) is 0. The number of carbonyl (C=O) groups excluding carboxylic acids is 1. The summed E-state index contributed by atoms with van der Waals surface area (Å²) in [5, 5.41) is 0. The van der Waals surface area contributed by atoms with E-state index in [2.05, 4.69) is 9.72 Å². The third kappa shape index (κ3) is 2.76. The molecule has 0 unspecified atom stereocenters. The Balaban J connectivity index is 2.69. The van der Waals surface area contributed by atoms with Gasteiger partial charge in [-0.3, -0.25) is 9.78 Å². The number of carbonyl (C=O) groups is 1. The fourth-order valence-corrected chi connectivity index (χ4v) is 0.908. The Kier molecular flexibility index (Phi) is 3.50. The SMILES string of the molecule is COC(=O)Cc1ccc(C(F)F)nc1. The predicted molar refractivity (Wildman–Crippen MR) is 44.9 cm³/mol. The number of halogens is 2. The molecule has 0 aliphatic rings. The first-order chi connectivity index (χ1) is 6.63. The van der Waals surface area contributed by atoms with E-state index < -0.39 is 12.4 Å². The fraction of sp³-hybridized carbons (Fsp3) is 0.333. The second kappa shape index (κ2) is 4.64. The zero-order valence-corrected chi connectivity index (χ0v) is 7.54. The van der Waals surface area contributed by atoms with Gasteiger partial charge in [-0.25, -0.2) is 8.78 Å². The quantitative estimate of drug-likeness (QED) is 0.699. The Morgan fingerprint density at radius 2 is 2.29 bits per heavy atom. The Morgan fingerprint density at radius 1 is 1.57 bits per heavy atom. The van der Waals surface area contributed by atoms with Crippen LogP contribution in [0.15, 0.2) is 18.3 Å². The standard InChI is InChI=1S/C9H9F2NO2/c1-14-8(13)4-6-2-3-7(9(10)11)12-5-6/h2-3,5,9H,4H2,1H3. The molecule has 0 amide bonds. The summed E-state index contributed by atoms with van der Waals surface area (Å²) >= 11 is 0. The van der Waals surface area contributed by atoms with Crippen LogP contribution in [0.1, 0.15) is 17.7 Å². The van der Waals surface area contributed by atoms with E-state index in [0.717, 1.165) is 0 Å². The van der Waals surface area contributed by atoms with Gasteiger partial charge in [-0.15, -0.1) is 0 Å². The van der Waals surface area contributed by atoms with Gasteiger partial charge < -0.3 is 4.74 Å². The lowest BCUT2D eigenvalue weighted by Gasteiger charge is -2.01. The summed E-state index contributed by atoms with van der Waals surface area (Å²) < 4.78 is 28.6. The normalized spacial score (nSPS) is 10.3. The van der Waals surface area contributed by atoms with Crippen LogP contribution in [0.5, 0.6) is 0 Å². The Morgan fingerprint density at radius 3 is 2.71 bits per heavy atom. The highest BCUT2D eigenvalue weighted by atomic mass is 19.3. The van der Waals surface area contributed by atoms with Gasteiger partial charge >= 0.3 is 5.97 Å². The fourth-order valence-electron chi connectivity index (χ4n) is 0.908. The number of ether oxygens (including phenoxy) is 1. The van der Waals surface area contributed by atoms with Crippen molar-refractivity contribution in [1.82, 2.24) is 4.98 Å². The maximum atomic E-state index is 12.1. The lowest BCUT2D eigenvalue weighted by atomic mass is 10.2. The Labute approximate surface area is 79.7 Å². The van der Waals surface area contributed by atoms with E-state index in [0.29, 0.717) is 5.56 Å². The van der Waals surface area contributed by atoms with Gasteiger partial charge in [-0.1, -0.05) is 6.07 Å². The largest absolute Gasteiger partial charge is 0.469 e. The maximum absolute atomic E-state index is 12.1. The smallest absolute Gasteiger partial charge is 0.310 e. The van der Waals surface area contributed by atoms with Crippen LogP contribution in [-0.4, -0.2) is 18.1 Å². The summed E-state index contributed by atoms with van der Waals surface area (Å²) in [5.41, 5.74) is 0.264. The van der Waals surface area contributed by atoms with Crippen molar-refractivity contribution in [3.05, 3.63) is 29.6 Å². The highest BCUT2D eigenvalue weighted by molar-refractivity contribution is 5.72. The van der Waals surface area contributed by atoms with Gasteiger partial charge in [-0.05, 0) is 11.6 Å². The predicted octanol–water partition coefficient (Wildman–Crippen LogP) is 1.73. The van der Waals surface area contributed by atoms with E-state index in [9.17, 15) is 13.6 Å². The highest BCUT2D eigenvalue weighted by Crippen LogP contribution is 2.15. The second-order valence-corrected chi connectivity index (χ2v) is 2.64. The monoisotopic (exact) mass is 201 g/mol. The summed E-state index contributed by atoms with van der Waals surface area (Å²) in [6.07, 6.45) is -1.28. The molecule has 5 heteroatoms. The average Bonchev–Trinajstić information content (AvgIpc) is 2.18. The minimum atomic E-state index is -2.58. The molecule has 1 aromatic heterocycles. The lowest BCUT2D eigenvalue weighted by molar-refractivity contribution is -0.139. The van der Waals surface area contributed by atoms with Crippen LogP contribution >= 0.6 is 0 Å². The third-order valence-corrected chi connectivity index (χ3v) is 1.65. The van der Waals surface area contributed by atoms with Crippen LogP contribution in [0.25, 0.3) is 0 Å². The second-order valence-electron chi connectivity index (χ2n) is 2.64. The topological polar surface area (TPSA) is 39.2 Å². The molecule has 1 heterocycles. The van der Waals surface area contributed by atoms with Gasteiger partial charge in [0, 0.05) is 6.20 Å². The van der Waals surface area contributed by atoms with Crippen LogP contribution in [0.2, 0.25) is 0 Å². The molecule has 0 aliphatic carbocycles. The Bertz CT molecular complexity index is 311. The minimum absolute atomic E-state index is 0.0486. The average molecular weight is 201 g/mol. The number of rotatable bonds is 3. The van der Waals surface area contributed by atoms with E-state index in [1.54, 1.807) is 0 Å². The van der Waals surface area contributed by atoms with Gasteiger partial charge in [-0.2, -0.15) is 0 Å². The van der Waals surface area contributed by atoms with Crippen molar-refractivity contribution >= 4 is 5.97 Å². The van der Waals surface area contributed by atoms with Crippen LogP contribution in [0, 0.1) is 0 Å². The molecule has 0 aromatic carbocycles. The van der Waals surface area contributed by atoms with Crippen molar-refractivity contribution in [3.63, 3.8) is 0 Å². The lowest BCUT2D eigenvalue weighted by Crippen LogP contribution is -2.05. The number of pyridine rings is 1. The van der Waals surface area contributed by atoms with Gasteiger partial charge in [0.05, 0.1) is 13.5 Å². The van der Waals surface area contributed by atoms with Gasteiger partial charge in [0.2, 0.25) is 0 Å². The van der Waals surface area contributed by atoms with E-state index >= 15 is 0 Å². The van der Waals surface area contributed by atoms with Gasteiger partial charge in [0.25, 0.3) is 6.43 Å². The Hall–Kier alpha value is -1.52. The summed E-state index contributed by atoms with van der Waals surface area (Å²) in [6, 6.07) is 2.63. The molecule has 0 spiro atoms. The van der Waals surface area contributed by atoms with Crippen molar-refractivity contribution < 1.29 is 18.3 Å².